The summed E-state index contributed by atoms with van der Waals surface area (Å²) in [7, 11) is 0. The SMILES string of the molecule is O[C@H](c1ccccn1)C1CCN(CC23CC(c4ccccc42)c2ccccc23)CC1. The van der Waals surface area contributed by atoms with E-state index in [0.717, 1.165) is 38.2 Å². The van der Waals surface area contributed by atoms with E-state index in [1.165, 1.54) is 17.5 Å². The van der Waals surface area contributed by atoms with Crippen LogP contribution in [-0.4, -0.2) is 34.6 Å². The van der Waals surface area contributed by atoms with E-state index in [0.29, 0.717) is 11.8 Å². The Hall–Kier alpha value is -2.49. The van der Waals surface area contributed by atoms with E-state index < -0.39 is 6.10 Å². The molecule has 3 aromatic rings. The van der Waals surface area contributed by atoms with Gasteiger partial charge in [-0.1, -0.05) is 54.6 Å². The number of rotatable bonds is 4. The molecule has 0 unspecified atom stereocenters. The van der Waals surface area contributed by atoms with Crippen molar-refractivity contribution in [1.29, 1.82) is 0 Å². The third-order valence-corrected chi connectivity index (χ3v) is 7.82. The van der Waals surface area contributed by atoms with Crippen LogP contribution in [0.4, 0.5) is 0 Å². The third kappa shape index (κ3) is 2.69. The van der Waals surface area contributed by atoms with Crippen LogP contribution < -0.4 is 0 Å². The molecule has 0 saturated carbocycles. The number of hydrogen-bond acceptors (Lipinski definition) is 3. The fourth-order valence-electron chi connectivity index (χ4n) is 6.41. The van der Waals surface area contributed by atoms with Gasteiger partial charge in [0.05, 0.1) is 11.8 Å². The van der Waals surface area contributed by atoms with E-state index in [1.807, 2.05) is 18.2 Å². The molecule has 0 radical (unpaired) electrons. The van der Waals surface area contributed by atoms with Crippen LogP contribution in [0, 0.1) is 5.92 Å². The number of aromatic nitrogens is 1. The molecular weight excluding hydrogens is 368 g/mol. The van der Waals surface area contributed by atoms with Crippen molar-refractivity contribution in [2.24, 2.45) is 5.92 Å². The average molecular weight is 397 g/mol. The van der Waals surface area contributed by atoms with Crippen molar-refractivity contribution in [3.8, 4) is 0 Å². The topological polar surface area (TPSA) is 36.4 Å². The van der Waals surface area contributed by atoms with Crippen LogP contribution in [0.2, 0.25) is 0 Å². The highest BCUT2D eigenvalue weighted by atomic mass is 16.3. The predicted octanol–water partition coefficient (Wildman–Crippen LogP) is 4.66. The van der Waals surface area contributed by atoms with Gasteiger partial charge in [0, 0.05) is 24.1 Å². The Morgan fingerprint density at radius 3 is 2.17 bits per heavy atom. The van der Waals surface area contributed by atoms with Gasteiger partial charge in [-0.3, -0.25) is 4.98 Å². The summed E-state index contributed by atoms with van der Waals surface area (Å²) in [5, 5.41) is 10.8. The first-order valence-electron chi connectivity index (χ1n) is 11.3. The molecule has 6 rings (SSSR count). The van der Waals surface area contributed by atoms with Gasteiger partial charge < -0.3 is 10.0 Å². The van der Waals surface area contributed by atoms with Crippen molar-refractivity contribution in [2.75, 3.05) is 19.6 Å². The molecule has 30 heavy (non-hydrogen) atoms. The molecule has 0 spiro atoms. The summed E-state index contributed by atoms with van der Waals surface area (Å²) in [5.74, 6) is 0.856. The Labute approximate surface area is 178 Å². The Balaban J connectivity index is 1.23. The third-order valence-electron chi connectivity index (χ3n) is 7.82. The van der Waals surface area contributed by atoms with Crippen molar-refractivity contribution in [3.05, 3.63) is 101 Å². The molecule has 2 bridgehead atoms. The van der Waals surface area contributed by atoms with E-state index in [1.54, 1.807) is 17.3 Å². The molecule has 3 aliphatic rings. The number of piperidine rings is 1. The number of likely N-dealkylation sites (tertiary alicyclic amines) is 1. The first kappa shape index (κ1) is 18.3. The van der Waals surface area contributed by atoms with Crippen molar-refractivity contribution in [2.45, 2.75) is 36.7 Å². The molecule has 1 atom stereocenters. The van der Waals surface area contributed by atoms with E-state index >= 15 is 0 Å². The molecule has 3 heteroatoms. The zero-order valence-electron chi connectivity index (χ0n) is 17.2. The van der Waals surface area contributed by atoms with E-state index in [9.17, 15) is 5.11 Å². The summed E-state index contributed by atoms with van der Waals surface area (Å²) < 4.78 is 0. The summed E-state index contributed by atoms with van der Waals surface area (Å²) in [4.78, 5) is 7.01. The van der Waals surface area contributed by atoms with E-state index in [2.05, 4.69) is 58.4 Å². The van der Waals surface area contributed by atoms with E-state index in [4.69, 9.17) is 0 Å². The summed E-state index contributed by atoms with van der Waals surface area (Å²) in [6.45, 7) is 3.18. The molecule has 1 N–H and O–H groups in total. The summed E-state index contributed by atoms with van der Waals surface area (Å²) in [6, 6.07) is 24.0. The lowest BCUT2D eigenvalue weighted by molar-refractivity contribution is 0.0514. The van der Waals surface area contributed by atoms with Gasteiger partial charge in [-0.15, -0.1) is 0 Å². The van der Waals surface area contributed by atoms with Gasteiger partial charge in [-0.05, 0) is 72.7 Å². The largest absolute Gasteiger partial charge is 0.387 e. The normalized spacial score (nSPS) is 26.4. The molecule has 2 heterocycles. The van der Waals surface area contributed by atoms with Crippen LogP contribution in [0.15, 0.2) is 72.9 Å². The van der Waals surface area contributed by atoms with Crippen LogP contribution in [0.3, 0.4) is 0 Å². The molecule has 1 aromatic heterocycles. The molecule has 1 fully saturated rings. The van der Waals surface area contributed by atoms with Gasteiger partial charge in [0.25, 0.3) is 0 Å². The van der Waals surface area contributed by atoms with Crippen LogP contribution in [-0.2, 0) is 5.41 Å². The van der Waals surface area contributed by atoms with Crippen molar-refractivity contribution in [3.63, 3.8) is 0 Å². The van der Waals surface area contributed by atoms with Crippen molar-refractivity contribution >= 4 is 0 Å². The number of fused-ring (bicyclic) bond motifs is 8. The van der Waals surface area contributed by atoms with Gasteiger partial charge in [0.15, 0.2) is 0 Å². The Kier molecular flexibility index (Phi) is 4.29. The second-order valence-electron chi connectivity index (χ2n) is 9.33. The first-order chi connectivity index (χ1) is 14.8. The minimum atomic E-state index is -0.449. The maximum absolute atomic E-state index is 10.8. The number of aliphatic hydroxyl groups is 1. The van der Waals surface area contributed by atoms with Crippen molar-refractivity contribution in [1.82, 2.24) is 9.88 Å². The number of pyridine rings is 1. The Morgan fingerprint density at radius 2 is 1.53 bits per heavy atom. The van der Waals surface area contributed by atoms with Crippen LogP contribution >= 0.6 is 0 Å². The fraction of sp³-hybridized carbons (Fsp3) is 0.370. The number of hydrogen-bond donors (Lipinski definition) is 1. The van der Waals surface area contributed by atoms with Gasteiger partial charge in [-0.25, -0.2) is 0 Å². The molecule has 3 nitrogen and oxygen atoms in total. The average Bonchev–Trinajstić information content (AvgIpc) is 3.32. The maximum Gasteiger partial charge on any atom is 0.0988 e. The van der Waals surface area contributed by atoms with Crippen LogP contribution in [0.1, 0.15) is 59.2 Å². The lowest BCUT2D eigenvalue weighted by Gasteiger charge is -2.40. The first-order valence-corrected chi connectivity index (χ1v) is 11.3. The van der Waals surface area contributed by atoms with Crippen LogP contribution in [0.25, 0.3) is 0 Å². The maximum atomic E-state index is 10.8. The monoisotopic (exact) mass is 396 g/mol. The number of benzene rings is 2. The minimum Gasteiger partial charge on any atom is -0.387 e. The molecule has 152 valence electrons. The molecule has 1 saturated heterocycles. The van der Waals surface area contributed by atoms with E-state index in [-0.39, 0.29) is 5.41 Å². The smallest absolute Gasteiger partial charge is 0.0988 e. The van der Waals surface area contributed by atoms with Crippen molar-refractivity contribution < 1.29 is 5.11 Å². The zero-order chi connectivity index (χ0) is 20.1. The fourth-order valence-corrected chi connectivity index (χ4v) is 6.41. The van der Waals surface area contributed by atoms with Gasteiger partial charge >= 0.3 is 0 Å². The Morgan fingerprint density at radius 1 is 0.900 bits per heavy atom. The second-order valence-corrected chi connectivity index (χ2v) is 9.33. The molecule has 0 amide bonds. The second kappa shape index (κ2) is 7.04. The Bertz CT molecular complexity index is 1010. The lowest BCUT2D eigenvalue weighted by Crippen LogP contribution is -2.44. The standard InChI is InChI=1S/C27H28N2O/c30-26(25-11-5-6-14-28-25)19-12-15-29(16-13-19)18-27-17-22(20-7-1-3-9-23(20)27)21-8-2-4-10-24(21)27/h1-11,14,19,22,26,30H,12-13,15-18H2/t22?,26-,27?/m0/s1. The minimum absolute atomic E-state index is 0.129. The molecule has 2 aliphatic carbocycles. The summed E-state index contributed by atoms with van der Waals surface area (Å²) in [6.07, 6.45) is 4.59. The lowest BCUT2D eigenvalue weighted by atomic mass is 9.74. The summed E-state index contributed by atoms with van der Waals surface area (Å²) in [5.41, 5.74) is 7.11. The molecule has 1 aliphatic heterocycles. The highest BCUT2D eigenvalue weighted by Crippen LogP contribution is 2.60. The molecular formula is C27H28N2O. The summed E-state index contributed by atoms with van der Waals surface area (Å²) >= 11 is 0. The zero-order valence-corrected chi connectivity index (χ0v) is 17.2. The van der Waals surface area contributed by atoms with Gasteiger partial charge in [0.2, 0.25) is 0 Å². The number of nitrogens with zero attached hydrogens (tertiary/aromatic N) is 2. The predicted molar refractivity (Wildman–Crippen MR) is 118 cm³/mol. The number of aliphatic hydroxyl groups excluding tert-OH is 1. The van der Waals surface area contributed by atoms with Gasteiger partial charge in [0.1, 0.15) is 0 Å². The van der Waals surface area contributed by atoms with Gasteiger partial charge in [-0.2, -0.15) is 0 Å². The quantitative estimate of drug-likeness (QED) is 0.697. The van der Waals surface area contributed by atoms with Crippen LogP contribution in [0.5, 0.6) is 0 Å². The highest BCUT2D eigenvalue weighted by molar-refractivity contribution is 5.62. The highest BCUT2D eigenvalue weighted by Gasteiger charge is 2.53. The molecule has 2 aromatic carbocycles.